The monoisotopic (exact) mass is 154 g/mol. The van der Waals surface area contributed by atoms with Gasteiger partial charge in [0, 0.05) is 18.8 Å². The van der Waals surface area contributed by atoms with E-state index in [2.05, 4.69) is 0 Å². The number of carbonyl (C=O) groups is 2. The Balaban J connectivity index is 2.42. The molecular formula is C9H14O2. The molecule has 1 aliphatic rings. The quantitative estimate of drug-likeness (QED) is 0.607. The van der Waals surface area contributed by atoms with E-state index in [1.807, 2.05) is 0 Å². The van der Waals surface area contributed by atoms with Crippen LogP contribution in [0.25, 0.3) is 0 Å². The molecule has 1 fully saturated rings. The molecule has 1 unspecified atom stereocenters. The van der Waals surface area contributed by atoms with Crippen molar-refractivity contribution in [2.45, 2.75) is 39.0 Å². The minimum Gasteiger partial charge on any atom is -0.300 e. The van der Waals surface area contributed by atoms with Crippen LogP contribution in [0.15, 0.2) is 0 Å². The summed E-state index contributed by atoms with van der Waals surface area (Å²) in [6.07, 6.45) is 4.23. The summed E-state index contributed by atoms with van der Waals surface area (Å²) >= 11 is 0. The Morgan fingerprint density at radius 3 is 2.82 bits per heavy atom. The molecule has 0 aromatic rings. The lowest BCUT2D eigenvalue weighted by molar-refractivity contribution is -0.128. The molecule has 2 nitrogen and oxygen atoms in total. The van der Waals surface area contributed by atoms with Gasteiger partial charge < -0.3 is 4.79 Å². The normalized spacial score (nSPS) is 25.2. The summed E-state index contributed by atoms with van der Waals surface area (Å²) in [5, 5.41) is 0. The molecular weight excluding hydrogens is 140 g/mol. The second-order valence-electron chi connectivity index (χ2n) is 3.32. The first-order chi connectivity index (χ1) is 5.20. The summed E-state index contributed by atoms with van der Waals surface area (Å²) in [6, 6.07) is 0. The van der Waals surface area contributed by atoms with E-state index in [1.54, 1.807) is 6.92 Å². The number of rotatable bonds is 2. The molecule has 2 heteroatoms. The topological polar surface area (TPSA) is 34.1 Å². The summed E-state index contributed by atoms with van der Waals surface area (Å²) in [5.41, 5.74) is 0. The fourth-order valence-electron chi connectivity index (χ4n) is 1.62. The summed E-state index contributed by atoms with van der Waals surface area (Å²) in [4.78, 5) is 21.9. The van der Waals surface area contributed by atoms with Crippen molar-refractivity contribution in [1.82, 2.24) is 0 Å². The van der Waals surface area contributed by atoms with E-state index >= 15 is 0 Å². The van der Waals surface area contributed by atoms with Crippen LogP contribution < -0.4 is 0 Å². The van der Waals surface area contributed by atoms with Gasteiger partial charge in [0.05, 0.1) is 0 Å². The second kappa shape index (κ2) is 3.65. The number of hydrogen-bond donors (Lipinski definition) is 0. The summed E-state index contributed by atoms with van der Waals surface area (Å²) in [7, 11) is 0. The highest BCUT2D eigenvalue weighted by atomic mass is 16.1. The molecule has 0 spiro atoms. The number of Topliss-reactive ketones (excluding diaryl/α,β-unsaturated/α-hetero) is 2. The lowest BCUT2D eigenvalue weighted by atomic mass is 9.85. The molecule has 0 aromatic heterocycles. The van der Waals surface area contributed by atoms with Crippen LogP contribution in [-0.2, 0) is 9.59 Å². The van der Waals surface area contributed by atoms with Crippen molar-refractivity contribution in [2.24, 2.45) is 5.92 Å². The Bertz CT molecular complexity index is 172. The maximum Gasteiger partial charge on any atom is 0.136 e. The lowest BCUT2D eigenvalue weighted by Crippen LogP contribution is -2.20. The third kappa shape index (κ3) is 2.45. The molecule has 62 valence electrons. The van der Waals surface area contributed by atoms with E-state index in [4.69, 9.17) is 0 Å². The predicted molar refractivity (Wildman–Crippen MR) is 42.3 cm³/mol. The van der Waals surface area contributed by atoms with Crippen LogP contribution in [0.2, 0.25) is 0 Å². The molecule has 1 aliphatic carbocycles. The van der Waals surface area contributed by atoms with Crippen molar-refractivity contribution in [3.05, 3.63) is 0 Å². The third-order valence-corrected chi connectivity index (χ3v) is 2.21. The van der Waals surface area contributed by atoms with Gasteiger partial charge in [-0.15, -0.1) is 0 Å². The first kappa shape index (κ1) is 8.44. The zero-order chi connectivity index (χ0) is 8.27. The van der Waals surface area contributed by atoms with Crippen molar-refractivity contribution >= 4 is 11.6 Å². The van der Waals surface area contributed by atoms with Gasteiger partial charge in [0.15, 0.2) is 0 Å². The molecule has 1 rings (SSSR count). The van der Waals surface area contributed by atoms with Crippen LogP contribution in [0.1, 0.15) is 39.0 Å². The average molecular weight is 154 g/mol. The minimum atomic E-state index is 0.0567. The first-order valence-electron chi connectivity index (χ1n) is 4.22. The fourth-order valence-corrected chi connectivity index (χ4v) is 1.62. The summed E-state index contributed by atoms with van der Waals surface area (Å²) in [5.74, 6) is 0.498. The molecule has 1 saturated carbocycles. The molecule has 0 saturated heterocycles. The highest BCUT2D eigenvalue weighted by Gasteiger charge is 2.22. The largest absolute Gasteiger partial charge is 0.300 e. The van der Waals surface area contributed by atoms with Crippen LogP contribution in [0, 0.1) is 5.92 Å². The molecule has 0 amide bonds. The molecule has 0 bridgehead atoms. The summed E-state index contributed by atoms with van der Waals surface area (Å²) in [6.45, 7) is 1.56. The zero-order valence-corrected chi connectivity index (χ0v) is 6.93. The number of hydrogen-bond acceptors (Lipinski definition) is 2. The maximum atomic E-state index is 11.2. The maximum absolute atomic E-state index is 11.2. The van der Waals surface area contributed by atoms with Gasteiger partial charge >= 0.3 is 0 Å². The molecule has 0 N–H and O–H groups in total. The first-order valence-corrected chi connectivity index (χ1v) is 4.22. The molecule has 0 heterocycles. The van der Waals surface area contributed by atoms with Crippen LogP contribution in [-0.4, -0.2) is 11.6 Å². The van der Waals surface area contributed by atoms with E-state index in [-0.39, 0.29) is 11.7 Å². The van der Waals surface area contributed by atoms with Gasteiger partial charge in [-0.05, 0) is 19.8 Å². The zero-order valence-electron chi connectivity index (χ0n) is 6.93. The van der Waals surface area contributed by atoms with Crippen LogP contribution >= 0.6 is 0 Å². The van der Waals surface area contributed by atoms with Crippen LogP contribution in [0.3, 0.4) is 0 Å². The highest BCUT2D eigenvalue weighted by molar-refractivity contribution is 5.87. The van der Waals surface area contributed by atoms with Gasteiger partial charge in [-0.25, -0.2) is 0 Å². The van der Waals surface area contributed by atoms with Crippen molar-refractivity contribution < 1.29 is 9.59 Å². The number of carbonyl (C=O) groups excluding carboxylic acids is 2. The van der Waals surface area contributed by atoms with E-state index in [0.29, 0.717) is 18.6 Å². The van der Waals surface area contributed by atoms with Crippen LogP contribution in [0.4, 0.5) is 0 Å². The Morgan fingerprint density at radius 1 is 1.55 bits per heavy atom. The highest BCUT2D eigenvalue weighted by Crippen LogP contribution is 2.23. The molecule has 0 aliphatic heterocycles. The van der Waals surface area contributed by atoms with Crippen molar-refractivity contribution in [1.29, 1.82) is 0 Å². The second-order valence-corrected chi connectivity index (χ2v) is 3.32. The lowest BCUT2D eigenvalue weighted by Gasteiger charge is -2.18. The van der Waals surface area contributed by atoms with Gasteiger partial charge in [0.1, 0.15) is 11.6 Å². The SMILES string of the molecule is CC(=O)CC1CCCCC1=O. The smallest absolute Gasteiger partial charge is 0.136 e. The van der Waals surface area contributed by atoms with Gasteiger partial charge in [-0.3, -0.25) is 4.79 Å². The van der Waals surface area contributed by atoms with Gasteiger partial charge in [0.2, 0.25) is 0 Å². The Kier molecular flexibility index (Phi) is 2.80. The minimum absolute atomic E-state index is 0.0567. The third-order valence-electron chi connectivity index (χ3n) is 2.21. The van der Waals surface area contributed by atoms with Crippen molar-refractivity contribution in [3.8, 4) is 0 Å². The van der Waals surface area contributed by atoms with Crippen molar-refractivity contribution in [2.75, 3.05) is 0 Å². The van der Waals surface area contributed by atoms with Gasteiger partial charge in [0.25, 0.3) is 0 Å². The Hall–Kier alpha value is -0.660. The van der Waals surface area contributed by atoms with Gasteiger partial charge in [-0.1, -0.05) is 6.42 Å². The summed E-state index contributed by atoms with van der Waals surface area (Å²) < 4.78 is 0. The predicted octanol–water partition coefficient (Wildman–Crippen LogP) is 1.72. The Labute approximate surface area is 67.0 Å². The van der Waals surface area contributed by atoms with Crippen LogP contribution in [0.5, 0.6) is 0 Å². The molecule has 0 aromatic carbocycles. The average Bonchev–Trinajstić information content (AvgIpc) is 1.93. The molecule has 1 atom stereocenters. The Morgan fingerprint density at radius 2 is 2.27 bits per heavy atom. The van der Waals surface area contributed by atoms with E-state index < -0.39 is 0 Å². The van der Waals surface area contributed by atoms with Gasteiger partial charge in [-0.2, -0.15) is 0 Å². The molecule has 0 radical (unpaired) electrons. The van der Waals surface area contributed by atoms with E-state index in [0.717, 1.165) is 19.3 Å². The van der Waals surface area contributed by atoms with E-state index in [1.165, 1.54) is 0 Å². The fraction of sp³-hybridized carbons (Fsp3) is 0.778. The van der Waals surface area contributed by atoms with Crippen molar-refractivity contribution in [3.63, 3.8) is 0 Å². The van der Waals surface area contributed by atoms with E-state index in [9.17, 15) is 9.59 Å². The molecule has 11 heavy (non-hydrogen) atoms. The number of ketones is 2. The standard InChI is InChI=1S/C9H14O2/c1-7(10)6-8-4-2-3-5-9(8)11/h8H,2-6H2,1H3.